The van der Waals surface area contributed by atoms with Gasteiger partial charge in [-0.3, -0.25) is 14.2 Å². The number of hydrogen-bond acceptors (Lipinski definition) is 4. The smallest absolute Gasteiger partial charge is 0.262 e. The maximum absolute atomic E-state index is 12.9. The Balaban J connectivity index is 1.97. The molecule has 0 spiro atoms. The van der Waals surface area contributed by atoms with E-state index >= 15 is 0 Å². The average molecular weight is 354 g/mol. The summed E-state index contributed by atoms with van der Waals surface area (Å²) in [6.07, 6.45) is 1.47. The maximum atomic E-state index is 12.9. The van der Waals surface area contributed by atoms with E-state index in [9.17, 15) is 9.59 Å². The third-order valence-corrected chi connectivity index (χ3v) is 5.25. The number of nitrogens with zero attached hydrogens (tertiary/aromatic N) is 2. The van der Waals surface area contributed by atoms with E-state index in [0.29, 0.717) is 21.7 Å². The van der Waals surface area contributed by atoms with Crippen LogP contribution in [0, 0.1) is 0 Å². The molecule has 130 valence electrons. The van der Waals surface area contributed by atoms with Gasteiger partial charge in [0.05, 0.1) is 18.3 Å². The van der Waals surface area contributed by atoms with Gasteiger partial charge in [0.1, 0.15) is 4.83 Å². The quantitative estimate of drug-likeness (QED) is 0.630. The fourth-order valence-electron chi connectivity index (χ4n) is 2.92. The van der Waals surface area contributed by atoms with Gasteiger partial charge in [-0.25, -0.2) is 4.98 Å². The van der Waals surface area contributed by atoms with Crippen LogP contribution in [-0.2, 0) is 6.54 Å². The minimum absolute atomic E-state index is 0.0123. The third-order valence-electron chi connectivity index (χ3n) is 4.43. The molecule has 2 aromatic heterocycles. The molecule has 3 rings (SSSR count). The molecule has 0 fully saturated rings. The summed E-state index contributed by atoms with van der Waals surface area (Å²) in [6, 6.07) is 7.78. The minimum Gasteiger partial charge on any atom is -0.292 e. The Hall–Kier alpha value is -2.27. The van der Waals surface area contributed by atoms with Gasteiger partial charge < -0.3 is 0 Å². The molecule has 5 heteroatoms. The zero-order chi connectivity index (χ0) is 18.1. The summed E-state index contributed by atoms with van der Waals surface area (Å²) in [6.45, 7) is 8.46. The molecule has 4 nitrogen and oxygen atoms in total. The van der Waals surface area contributed by atoms with E-state index < -0.39 is 0 Å². The first-order chi connectivity index (χ1) is 11.9. The van der Waals surface area contributed by atoms with Gasteiger partial charge >= 0.3 is 0 Å². The molecular weight excluding hydrogens is 332 g/mol. The zero-order valence-electron chi connectivity index (χ0n) is 14.9. The van der Waals surface area contributed by atoms with Crippen LogP contribution in [0.1, 0.15) is 61.0 Å². The summed E-state index contributed by atoms with van der Waals surface area (Å²) < 4.78 is 1.40. The highest BCUT2D eigenvalue weighted by molar-refractivity contribution is 7.16. The summed E-state index contributed by atoms with van der Waals surface area (Å²) in [7, 11) is 0. The van der Waals surface area contributed by atoms with Crippen molar-refractivity contribution in [1.29, 1.82) is 0 Å². The lowest BCUT2D eigenvalue weighted by Crippen LogP contribution is -2.25. The second-order valence-electron chi connectivity index (χ2n) is 6.90. The molecule has 0 atom stereocenters. The molecule has 0 aliphatic carbocycles. The zero-order valence-corrected chi connectivity index (χ0v) is 15.8. The Morgan fingerprint density at radius 3 is 2.60 bits per heavy atom. The van der Waals surface area contributed by atoms with Crippen molar-refractivity contribution in [3.8, 4) is 0 Å². The highest BCUT2D eigenvalue weighted by Gasteiger charge is 2.17. The lowest BCUT2D eigenvalue weighted by atomic mass is 9.90. The van der Waals surface area contributed by atoms with Crippen LogP contribution in [-0.4, -0.2) is 15.3 Å². The Labute approximate surface area is 151 Å². The molecule has 25 heavy (non-hydrogen) atoms. The number of benzene rings is 1. The number of thiophene rings is 1. The highest BCUT2D eigenvalue weighted by Crippen LogP contribution is 2.25. The molecule has 0 radical (unpaired) electrons. The van der Waals surface area contributed by atoms with Crippen LogP contribution in [0.5, 0.6) is 0 Å². The Bertz CT molecular complexity index is 983. The van der Waals surface area contributed by atoms with Crippen LogP contribution in [0.3, 0.4) is 0 Å². The molecule has 0 N–H and O–H groups in total. The fraction of sp³-hybridized carbons (Fsp3) is 0.350. The second-order valence-corrected chi connectivity index (χ2v) is 7.79. The van der Waals surface area contributed by atoms with Gasteiger partial charge in [0.25, 0.3) is 5.56 Å². The molecule has 1 aromatic carbocycles. The van der Waals surface area contributed by atoms with Crippen LogP contribution < -0.4 is 5.56 Å². The number of carbonyl (C=O) groups is 1. The van der Waals surface area contributed by atoms with Crippen molar-refractivity contribution in [2.75, 3.05) is 0 Å². The minimum atomic E-state index is -0.163. The van der Waals surface area contributed by atoms with Crippen molar-refractivity contribution in [1.82, 2.24) is 9.55 Å². The lowest BCUT2D eigenvalue weighted by molar-refractivity contribution is 0.0969. The topological polar surface area (TPSA) is 52.0 Å². The van der Waals surface area contributed by atoms with E-state index in [2.05, 4.69) is 38.7 Å². The maximum Gasteiger partial charge on any atom is 0.262 e. The summed E-state index contributed by atoms with van der Waals surface area (Å²) in [4.78, 5) is 30.3. The molecule has 3 aromatic rings. The van der Waals surface area contributed by atoms with Gasteiger partial charge in [-0.2, -0.15) is 0 Å². The molecule has 0 aliphatic rings. The first-order valence-corrected chi connectivity index (χ1v) is 9.36. The number of fused-ring (bicyclic) bond motifs is 1. The number of Topliss-reactive ketones (excluding diaryl/α,β-unsaturated/α-hetero) is 1. The molecule has 0 unspecified atom stereocenters. The lowest BCUT2D eigenvalue weighted by Gasteiger charge is -2.16. The summed E-state index contributed by atoms with van der Waals surface area (Å²) in [5.41, 5.74) is 2.79. The number of carbonyl (C=O) groups excluding carboxylic acids is 1. The van der Waals surface area contributed by atoms with E-state index in [0.717, 1.165) is 5.56 Å². The Morgan fingerprint density at radius 1 is 1.16 bits per heavy atom. The molecular formula is C20H22N2O2S. The number of hydrogen-bond donors (Lipinski definition) is 0. The van der Waals surface area contributed by atoms with Gasteiger partial charge in [-0.15, -0.1) is 11.3 Å². The molecule has 0 amide bonds. The predicted molar refractivity (Wildman–Crippen MR) is 103 cm³/mol. The summed E-state index contributed by atoms with van der Waals surface area (Å²) in [5, 5.41) is 2.41. The number of aromatic nitrogens is 2. The van der Waals surface area contributed by atoms with Crippen molar-refractivity contribution >= 4 is 27.3 Å². The Morgan fingerprint density at radius 2 is 1.92 bits per heavy atom. The van der Waals surface area contributed by atoms with Gasteiger partial charge in [-0.05, 0) is 34.4 Å². The van der Waals surface area contributed by atoms with Crippen molar-refractivity contribution in [2.45, 2.75) is 46.1 Å². The van der Waals surface area contributed by atoms with Crippen molar-refractivity contribution < 1.29 is 4.79 Å². The third kappa shape index (κ3) is 3.42. The predicted octanol–water partition coefficient (Wildman–Crippen LogP) is 4.59. The average Bonchev–Trinajstić information content (AvgIpc) is 3.06. The monoisotopic (exact) mass is 354 g/mol. The molecule has 0 aliphatic heterocycles. The van der Waals surface area contributed by atoms with Crippen molar-refractivity contribution in [3.05, 3.63) is 63.0 Å². The van der Waals surface area contributed by atoms with Crippen molar-refractivity contribution in [2.24, 2.45) is 0 Å². The molecule has 0 bridgehead atoms. The summed E-state index contributed by atoms with van der Waals surface area (Å²) >= 11 is 1.43. The van der Waals surface area contributed by atoms with Crippen LogP contribution in [0.15, 0.2) is 40.8 Å². The normalized spacial score (nSPS) is 11.6. The van der Waals surface area contributed by atoms with E-state index in [1.54, 1.807) is 6.07 Å². The molecule has 0 saturated carbocycles. The molecule has 2 heterocycles. The second kappa shape index (κ2) is 6.92. The highest BCUT2D eigenvalue weighted by atomic mass is 32.1. The first kappa shape index (κ1) is 17.5. The number of rotatable bonds is 5. The van der Waals surface area contributed by atoms with Gasteiger partial charge in [0.2, 0.25) is 0 Å². The van der Waals surface area contributed by atoms with Gasteiger partial charge in [0, 0.05) is 5.56 Å². The van der Waals surface area contributed by atoms with Crippen LogP contribution in [0.2, 0.25) is 0 Å². The largest absolute Gasteiger partial charge is 0.292 e. The van der Waals surface area contributed by atoms with E-state index in [1.165, 1.54) is 27.8 Å². The van der Waals surface area contributed by atoms with Gasteiger partial charge in [0.15, 0.2) is 5.78 Å². The number of ketones is 1. The van der Waals surface area contributed by atoms with E-state index in [-0.39, 0.29) is 23.8 Å². The first-order valence-electron chi connectivity index (χ1n) is 8.48. The standard InChI is InChI=1S/C20H22N2O2S/c1-12(2)14-5-6-15(17(9-14)13(3)4)18(23)10-22-11-21-19-16(20(22)24)7-8-25-19/h5-9,11-13H,10H2,1-4H3. The fourth-order valence-corrected chi connectivity index (χ4v) is 3.64. The van der Waals surface area contributed by atoms with E-state index in [1.807, 2.05) is 17.5 Å². The van der Waals surface area contributed by atoms with Crippen LogP contribution in [0.4, 0.5) is 0 Å². The van der Waals surface area contributed by atoms with Crippen molar-refractivity contribution in [3.63, 3.8) is 0 Å². The summed E-state index contributed by atoms with van der Waals surface area (Å²) in [5.74, 6) is 0.596. The van der Waals surface area contributed by atoms with E-state index in [4.69, 9.17) is 0 Å². The SMILES string of the molecule is CC(C)c1ccc(C(=O)Cn2cnc3sccc3c2=O)c(C(C)C)c1. The van der Waals surface area contributed by atoms with Crippen LogP contribution >= 0.6 is 11.3 Å². The van der Waals surface area contributed by atoms with Gasteiger partial charge in [-0.1, -0.05) is 45.9 Å². The Kier molecular flexibility index (Phi) is 4.86. The molecule has 0 saturated heterocycles. The van der Waals surface area contributed by atoms with Crippen LogP contribution in [0.25, 0.3) is 10.2 Å².